The average molecular weight is 330 g/mol. The van der Waals surface area contributed by atoms with Gasteiger partial charge in [-0.05, 0) is 43.9 Å². The lowest BCUT2D eigenvalue weighted by atomic mass is 10.0. The number of rotatable bonds is 3. The Hall–Kier alpha value is -2.30. The highest BCUT2D eigenvalue weighted by Gasteiger charge is 2.15. The van der Waals surface area contributed by atoms with Crippen molar-refractivity contribution in [3.8, 4) is 16.9 Å². The van der Waals surface area contributed by atoms with E-state index in [-0.39, 0.29) is 11.2 Å². The zero-order valence-electron chi connectivity index (χ0n) is 12.8. The molecule has 0 fully saturated rings. The maximum absolute atomic E-state index is 12.8. The fourth-order valence-corrected chi connectivity index (χ4v) is 2.67. The molecule has 0 saturated heterocycles. The molecule has 0 aliphatic heterocycles. The van der Waals surface area contributed by atoms with Gasteiger partial charge < -0.3 is 14.4 Å². The Kier molecular flexibility index (Phi) is 4.11. The summed E-state index contributed by atoms with van der Waals surface area (Å²) >= 11 is 5.89. The van der Waals surface area contributed by atoms with Gasteiger partial charge in [0.2, 0.25) is 5.43 Å². The van der Waals surface area contributed by atoms with Gasteiger partial charge in [-0.2, -0.15) is 0 Å². The third kappa shape index (κ3) is 2.96. The van der Waals surface area contributed by atoms with E-state index in [1.807, 2.05) is 19.0 Å². The van der Waals surface area contributed by atoms with Crippen molar-refractivity contribution in [2.75, 3.05) is 14.1 Å². The van der Waals surface area contributed by atoms with E-state index in [4.69, 9.17) is 16.0 Å². The lowest BCUT2D eigenvalue weighted by molar-refractivity contribution is 0.384. The van der Waals surface area contributed by atoms with Crippen molar-refractivity contribution < 1.29 is 9.52 Å². The monoisotopic (exact) mass is 329 g/mol. The normalized spacial score (nSPS) is 11.3. The highest BCUT2D eigenvalue weighted by molar-refractivity contribution is 6.30. The number of fused-ring (bicyclic) bond motifs is 1. The summed E-state index contributed by atoms with van der Waals surface area (Å²) in [4.78, 5) is 14.7. The molecule has 0 amide bonds. The van der Waals surface area contributed by atoms with E-state index in [9.17, 15) is 9.90 Å². The van der Waals surface area contributed by atoms with E-state index in [1.54, 1.807) is 30.3 Å². The summed E-state index contributed by atoms with van der Waals surface area (Å²) in [5.41, 5.74) is 2.10. The van der Waals surface area contributed by atoms with Crippen molar-refractivity contribution in [1.29, 1.82) is 0 Å². The zero-order chi connectivity index (χ0) is 16.6. The average Bonchev–Trinajstić information content (AvgIpc) is 2.51. The molecule has 5 heteroatoms. The molecule has 4 nitrogen and oxygen atoms in total. The summed E-state index contributed by atoms with van der Waals surface area (Å²) < 4.78 is 5.70. The Morgan fingerprint density at radius 3 is 2.48 bits per heavy atom. The van der Waals surface area contributed by atoms with Gasteiger partial charge in [0.25, 0.3) is 0 Å². The fourth-order valence-electron chi connectivity index (χ4n) is 2.54. The highest BCUT2D eigenvalue weighted by Crippen LogP contribution is 2.29. The van der Waals surface area contributed by atoms with Gasteiger partial charge in [0, 0.05) is 11.6 Å². The molecule has 0 spiro atoms. The molecular formula is C18H16ClNO3. The summed E-state index contributed by atoms with van der Waals surface area (Å²) in [7, 11) is 3.77. The fraction of sp³-hybridized carbons (Fsp3) is 0.167. The summed E-state index contributed by atoms with van der Waals surface area (Å²) in [6, 6.07) is 10.1. The van der Waals surface area contributed by atoms with Gasteiger partial charge in [-0.15, -0.1) is 0 Å². The lowest BCUT2D eigenvalue weighted by Gasteiger charge is -2.13. The zero-order valence-corrected chi connectivity index (χ0v) is 13.6. The Morgan fingerprint density at radius 1 is 1.13 bits per heavy atom. The lowest BCUT2D eigenvalue weighted by Crippen LogP contribution is -2.12. The molecule has 1 aromatic heterocycles. The molecule has 0 atom stereocenters. The standard InChI is InChI=1S/C18H16ClNO3/c1-20(2)9-14-16(21)8-7-13-17(22)15(10-23-18(13)14)11-3-5-12(19)6-4-11/h3-8,10,21H,9H2,1-2H3. The van der Waals surface area contributed by atoms with Crippen molar-refractivity contribution in [3.05, 3.63) is 63.5 Å². The summed E-state index contributed by atoms with van der Waals surface area (Å²) in [5, 5.41) is 11.1. The van der Waals surface area contributed by atoms with Crippen LogP contribution in [0, 0.1) is 0 Å². The van der Waals surface area contributed by atoms with Crippen LogP contribution in [0.2, 0.25) is 5.02 Å². The number of hydrogen-bond acceptors (Lipinski definition) is 4. The number of benzene rings is 2. The summed E-state index contributed by atoms with van der Waals surface area (Å²) in [6.45, 7) is 0.479. The van der Waals surface area contributed by atoms with Gasteiger partial charge in [0.15, 0.2) is 0 Å². The van der Waals surface area contributed by atoms with Gasteiger partial charge >= 0.3 is 0 Å². The van der Waals surface area contributed by atoms with Gasteiger partial charge in [0.1, 0.15) is 17.6 Å². The van der Waals surface area contributed by atoms with E-state index < -0.39 is 0 Å². The van der Waals surface area contributed by atoms with Crippen LogP contribution in [0.4, 0.5) is 0 Å². The quantitative estimate of drug-likeness (QED) is 0.792. The number of halogens is 1. The van der Waals surface area contributed by atoms with E-state index >= 15 is 0 Å². The largest absolute Gasteiger partial charge is 0.507 e. The number of phenols is 1. The second-order valence-corrected chi connectivity index (χ2v) is 6.10. The maximum atomic E-state index is 12.8. The van der Waals surface area contributed by atoms with Crippen LogP contribution in [0.3, 0.4) is 0 Å². The van der Waals surface area contributed by atoms with Crippen molar-refractivity contribution in [2.45, 2.75) is 6.54 Å². The molecule has 0 radical (unpaired) electrons. The first-order valence-corrected chi connectivity index (χ1v) is 7.52. The molecule has 3 rings (SSSR count). The van der Waals surface area contributed by atoms with Crippen LogP contribution < -0.4 is 5.43 Å². The topological polar surface area (TPSA) is 53.7 Å². The third-order valence-corrected chi connectivity index (χ3v) is 3.90. The Bertz CT molecular complexity index is 914. The first-order valence-electron chi connectivity index (χ1n) is 7.14. The number of hydrogen-bond donors (Lipinski definition) is 1. The van der Waals surface area contributed by atoms with E-state index in [0.29, 0.717) is 33.7 Å². The minimum Gasteiger partial charge on any atom is -0.507 e. The van der Waals surface area contributed by atoms with Crippen molar-refractivity contribution in [3.63, 3.8) is 0 Å². The van der Waals surface area contributed by atoms with Gasteiger partial charge in [-0.1, -0.05) is 23.7 Å². The number of aromatic hydroxyl groups is 1. The molecule has 2 aromatic carbocycles. The van der Waals surface area contributed by atoms with Gasteiger partial charge in [-0.25, -0.2) is 0 Å². The van der Waals surface area contributed by atoms with E-state index in [2.05, 4.69) is 0 Å². The van der Waals surface area contributed by atoms with Crippen LogP contribution in [0.1, 0.15) is 5.56 Å². The Labute approximate surface area is 138 Å². The van der Waals surface area contributed by atoms with Crippen LogP contribution in [0.15, 0.2) is 51.9 Å². The van der Waals surface area contributed by atoms with E-state index in [1.165, 1.54) is 12.3 Å². The number of phenolic OH excluding ortho intramolecular Hbond substituents is 1. The molecule has 23 heavy (non-hydrogen) atoms. The summed E-state index contributed by atoms with van der Waals surface area (Å²) in [5.74, 6) is 0.119. The highest BCUT2D eigenvalue weighted by atomic mass is 35.5. The first kappa shape index (κ1) is 15.6. The van der Waals surface area contributed by atoms with E-state index in [0.717, 1.165) is 5.56 Å². The molecule has 118 valence electrons. The van der Waals surface area contributed by atoms with Crippen LogP contribution in [-0.2, 0) is 6.54 Å². The first-order chi connectivity index (χ1) is 11.0. The minimum atomic E-state index is -0.131. The van der Waals surface area contributed by atoms with Crippen LogP contribution >= 0.6 is 11.6 Å². The molecule has 0 bridgehead atoms. The van der Waals surface area contributed by atoms with Crippen molar-refractivity contribution in [2.24, 2.45) is 0 Å². The minimum absolute atomic E-state index is 0.119. The predicted octanol–water partition coefficient (Wildman–Crippen LogP) is 3.88. The van der Waals surface area contributed by atoms with Crippen LogP contribution in [0.5, 0.6) is 5.75 Å². The second-order valence-electron chi connectivity index (χ2n) is 5.66. The van der Waals surface area contributed by atoms with Crippen LogP contribution in [0.25, 0.3) is 22.1 Å². The Morgan fingerprint density at radius 2 is 1.83 bits per heavy atom. The second kappa shape index (κ2) is 6.07. The molecule has 1 heterocycles. The van der Waals surface area contributed by atoms with Crippen LogP contribution in [-0.4, -0.2) is 24.1 Å². The van der Waals surface area contributed by atoms with Crippen molar-refractivity contribution in [1.82, 2.24) is 4.90 Å². The Balaban J connectivity index is 2.22. The molecule has 3 aromatic rings. The third-order valence-electron chi connectivity index (χ3n) is 3.65. The molecular weight excluding hydrogens is 314 g/mol. The van der Waals surface area contributed by atoms with Crippen molar-refractivity contribution >= 4 is 22.6 Å². The molecule has 0 saturated carbocycles. The molecule has 0 unspecified atom stereocenters. The molecule has 0 aliphatic rings. The molecule has 1 N–H and O–H groups in total. The maximum Gasteiger partial charge on any atom is 0.200 e. The predicted molar refractivity (Wildman–Crippen MR) is 92.0 cm³/mol. The van der Waals surface area contributed by atoms with Gasteiger partial charge in [0.05, 0.1) is 16.5 Å². The molecule has 0 aliphatic carbocycles. The smallest absolute Gasteiger partial charge is 0.200 e. The van der Waals surface area contributed by atoms with Gasteiger partial charge in [-0.3, -0.25) is 4.79 Å². The number of nitrogens with zero attached hydrogens (tertiary/aromatic N) is 1. The summed E-state index contributed by atoms with van der Waals surface area (Å²) in [6.07, 6.45) is 1.44. The SMILES string of the molecule is CN(C)Cc1c(O)ccc2c(=O)c(-c3ccc(Cl)cc3)coc12.